The van der Waals surface area contributed by atoms with Gasteiger partial charge in [0.15, 0.2) is 23.1 Å². The zero-order valence-corrected chi connectivity index (χ0v) is 26.7. The Balaban J connectivity index is 1.61. The number of fused-ring (bicyclic) bond motifs is 1. The third-order valence-electron chi connectivity index (χ3n) is 6.47. The van der Waals surface area contributed by atoms with Crippen molar-refractivity contribution in [3.05, 3.63) is 109 Å². The van der Waals surface area contributed by atoms with Crippen molar-refractivity contribution in [3.63, 3.8) is 0 Å². The number of halogens is 2. The predicted molar refractivity (Wildman–Crippen MR) is 172 cm³/mol. The van der Waals surface area contributed by atoms with Crippen LogP contribution in [0.3, 0.4) is 0 Å². The van der Waals surface area contributed by atoms with E-state index in [-0.39, 0.29) is 16.9 Å². The van der Waals surface area contributed by atoms with Crippen molar-refractivity contribution < 1.29 is 23.7 Å². The second-order valence-electron chi connectivity index (χ2n) is 9.29. The van der Waals surface area contributed by atoms with Crippen LogP contribution in [-0.4, -0.2) is 43.2 Å². The molecule has 11 heteroatoms. The minimum Gasteiger partial charge on any atom is -0.493 e. The summed E-state index contributed by atoms with van der Waals surface area (Å²) in [4.78, 5) is 31.8. The van der Waals surface area contributed by atoms with E-state index in [1.54, 1.807) is 30.3 Å². The number of carbonyl (C=O) groups excluding carboxylic acids is 1. The van der Waals surface area contributed by atoms with E-state index in [9.17, 15) is 9.59 Å². The van der Waals surface area contributed by atoms with Gasteiger partial charge < -0.3 is 18.9 Å². The number of methoxy groups -OCH3 is 3. The molecule has 0 unspecified atom stereocenters. The van der Waals surface area contributed by atoms with Gasteiger partial charge in [-0.3, -0.25) is 4.79 Å². The number of carbonyl (C=O) groups is 1. The van der Waals surface area contributed by atoms with E-state index in [0.717, 1.165) is 11.1 Å². The summed E-state index contributed by atoms with van der Waals surface area (Å²) in [5, 5.41) is 4.98. The Hall–Kier alpha value is -4.48. The molecule has 0 spiro atoms. The predicted octanol–water partition coefficient (Wildman–Crippen LogP) is 7.02. The summed E-state index contributed by atoms with van der Waals surface area (Å²) in [6.45, 7) is 1.96. The molecule has 1 heterocycles. The van der Waals surface area contributed by atoms with Gasteiger partial charge in [-0.25, -0.2) is 9.78 Å². The second-order valence-corrected chi connectivity index (χ2v) is 11.1. The number of esters is 1. The van der Waals surface area contributed by atoms with Crippen LogP contribution in [0.1, 0.15) is 21.5 Å². The van der Waals surface area contributed by atoms with Crippen molar-refractivity contribution >= 4 is 54.9 Å². The normalized spacial score (nSPS) is 11.1. The molecule has 0 saturated heterocycles. The highest BCUT2D eigenvalue weighted by atomic mass is 79.9. The second kappa shape index (κ2) is 12.8. The lowest BCUT2D eigenvalue weighted by atomic mass is 10.1. The van der Waals surface area contributed by atoms with Crippen molar-refractivity contribution in [1.29, 1.82) is 0 Å². The van der Waals surface area contributed by atoms with Gasteiger partial charge in [-0.2, -0.15) is 9.78 Å². The Morgan fingerprint density at radius 2 is 1.60 bits per heavy atom. The molecular weight excluding hydrogens is 682 g/mol. The fourth-order valence-electron chi connectivity index (χ4n) is 4.46. The molecule has 0 atom stereocenters. The van der Waals surface area contributed by atoms with Gasteiger partial charge in [0.1, 0.15) is 0 Å². The van der Waals surface area contributed by atoms with Crippen LogP contribution >= 0.6 is 31.9 Å². The SMILES string of the molecule is COc1cc(C(=O)Oc2c(Br)cc(Br)cc2C=Nn2c(-c3cccc(C)c3)nc3ccccc3c2=O)cc(OC)c1OC. The van der Waals surface area contributed by atoms with Gasteiger partial charge in [0.2, 0.25) is 5.75 Å². The number of aryl methyl sites for hydroxylation is 1. The summed E-state index contributed by atoms with van der Waals surface area (Å²) in [6.07, 6.45) is 1.45. The highest BCUT2D eigenvalue weighted by Crippen LogP contribution is 2.39. The number of nitrogens with zero attached hydrogens (tertiary/aromatic N) is 3. The molecule has 9 nitrogen and oxygen atoms in total. The molecule has 0 aliphatic rings. The molecule has 218 valence electrons. The molecule has 1 aromatic heterocycles. The Labute approximate surface area is 264 Å². The first kappa shape index (κ1) is 30.0. The van der Waals surface area contributed by atoms with Gasteiger partial charge in [-0.1, -0.05) is 51.8 Å². The summed E-state index contributed by atoms with van der Waals surface area (Å²) in [5.41, 5.74) is 2.53. The van der Waals surface area contributed by atoms with E-state index in [1.165, 1.54) is 44.4 Å². The molecular formula is C32H25Br2N3O6. The Kier molecular flexibility index (Phi) is 8.93. The zero-order valence-electron chi connectivity index (χ0n) is 23.6. The number of hydrogen-bond acceptors (Lipinski definition) is 8. The van der Waals surface area contributed by atoms with Gasteiger partial charge in [-0.15, -0.1) is 0 Å². The summed E-state index contributed by atoms with van der Waals surface area (Å²) >= 11 is 6.98. The smallest absolute Gasteiger partial charge is 0.343 e. The van der Waals surface area contributed by atoms with Crippen LogP contribution in [0, 0.1) is 6.92 Å². The number of ether oxygens (including phenoxy) is 4. The van der Waals surface area contributed by atoms with Gasteiger partial charge in [-0.05, 0) is 65.3 Å². The van der Waals surface area contributed by atoms with Crippen LogP contribution in [0.4, 0.5) is 0 Å². The van der Waals surface area contributed by atoms with Gasteiger partial charge in [0, 0.05) is 15.6 Å². The molecule has 0 N–H and O–H groups in total. The lowest BCUT2D eigenvalue weighted by Gasteiger charge is -2.15. The van der Waals surface area contributed by atoms with E-state index in [0.29, 0.717) is 48.5 Å². The first-order chi connectivity index (χ1) is 20.7. The molecule has 0 amide bonds. The third kappa shape index (κ3) is 6.18. The lowest BCUT2D eigenvalue weighted by molar-refractivity contribution is 0.0732. The number of benzene rings is 4. The molecule has 0 saturated carbocycles. The molecule has 4 aromatic carbocycles. The molecule has 5 aromatic rings. The Morgan fingerprint density at radius 3 is 2.28 bits per heavy atom. The number of para-hydroxylation sites is 1. The largest absolute Gasteiger partial charge is 0.493 e. The Morgan fingerprint density at radius 1 is 0.884 bits per heavy atom. The fraction of sp³-hybridized carbons (Fsp3) is 0.125. The van der Waals surface area contributed by atoms with Crippen LogP contribution in [0.25, 0.3) is 22.3 Å². The molecule has 0 aliphatic heterocycles. The maximum Gasteiger partial charge on any atom is 0.343 e. The minimum absolute atomic E-state index is 0.170. The highest BCUT2D eigenvalue weighted by Gasteiger charge is 2.21. The number of hydrogen-bond donors (Lipinski definition) is 0. The van der Waals surface area contributed by atoms with Crippen LogP contribution in [0.5, 0.6) is 23.0 Å². The molecule has 0 fully saturated rings. The van der Waals surface area contributed by atoms with Gasteiger partial charge in [0.25, 0.3) is 5.56 Å². The quantitative estimate of drug-likeness (QED) is 0.0971. The van der Waals surface area contributed by atoms with Crippen LogP contribution in [0.2, 0.25) is 0 Å². The Bertz CT molecular complexity index is 1930. The van der Waals surface area contributed by atoms with Gasteiger partial charge in [0.05, 0.1) is 48.5 Å². The van der Waals surface area contributed by atoms with E-state index in [4.69, 9.17) is 23.9 Å². The molecule has 5 rings (SSSR count). The molecule has 43 heavy (non-hydrogen) atoms. The van der Waals surface area contributed by atoms with Crippen molar-refractivity contribution in [2.24, 2.45) is 5.10 Å². The standard InChI is InChI=1S/C32H25Br2N3O6/c1-18-8-7-9-19(12-18)30-36-25-11-6-5-10-23(25)31(38)37(30)35-17-21-13-22(33)16-24(34)28(21)43-32(39)20-14-26(40-2)29(42-4)27(15-20)41-3/h5-17H,1-4H3. The molecule has 0 bridgehead atoms. The molecule has 0 radical (unpaired) electrons. The fourth-order valence-corrected chi connectivity index (χ4v) is 5.80. The zero-order chi connectivity index (χ0) is 30.7. The molecule has 0 aliphatic carbocycles. The van der Waals surface area contributed by atoms with E-state index >= 15 is 0 Å². The van der Waals surface area contributed by atoms with E-state index in [1.807, 2.05) is 37.3 Å². The van der Waals surface area contributed by atoms with Crippen LogP contribution < -0.4 is 24.5 Å². The summed E-state index contributed by atoms with van der Waals surface area (Å²) in [5.74, 6) is 0.827. The minimum atomic E-state index is -0.679. The van der Waals surface area contributed by atoms with Crippen LogP contribution in [-0.2, 0) is 0 Å². The number of rotatable bonds is 8. The van der Waals surface area contributed by atoms with Crippen molar-refractivity contribution in [1.82, 2.24) is 9.66 Å². The maximum absolute atomic E-state index is 13.7. The van der Waals surface area contributed by atoms with Crippen molar-refractivity contribution in [2.75, 3.05) is 21.3 Å². The van der Waals surface area contributed by atoms with Gasteiger partial charge >= 0.3 is 5.97 Å². The topological polar surface area (TPSA) is 101 Å². The summed E-state index contributed by atoms with van der Waals surface area (Å²) in [7, 11) is 4.39. The maximum atomic E-state index is 13.7. The van der Waals surface area contributed by atoms with Crippen molar-refractivity contribution in [2.45, 2.75) is 6.92 Å². The van der Waals surface area contributed by atoms with Crippen molar-refractivity contribution in [3.8, 4) is 34.4 Å². The summed E-state index contributed by atoms with van der Waals surface area (Å²) in [6, 6.07) is 21.2. The van der Waals surface area contributed by atoms with E-state index in [2.05, 4.69) is 37.0 Å². The average molecular weight is 707 g/mol. The average Bonchev–Trinajstić information content (AvgIpc) is 3.01. The first-order valence-corrected chi connectivity index (χ1v) is 14.5. The van der Waals surface area contributed by atoms with E-state index < -0.39 is 5.97 Å². The highest BCUT2D eigenvalue weighted by molar-refractivity contribution is 9.11. The number of aromatic nitrogens is 2. The van der Waals surface area contributed by atoms with Crippen LogP contribution in [0.15, 0.2) is 91.6 Å². The summed E-state index contributed by atoms with van der Waals surface area (Å²) < 4.78 is 24.4. The first-order valence-electron chi connectivity index (χ1n) is 12.9. The lowest BCUT2D eigenvalue weighted by Crippen LogP contribution is -2.20. The third-order valence-corrected chi connectivity index (χ3v) is 7.52. The monoisotopic (exact) mass is 705 g/mol.